The van der Waals surface area contributed by atoms with Gasteiger partial charge in [0.1, 0.15) is 0 Å². The molecule has 0 spiro atoms. The van der Waals surface area contributed by atoms with Gasteiger partial charge in [-0.25, -0.2) is 0 Å². The van der Waals surface area contributed by atoms with Crippen molar-refractivity contribution in [1.29, 1.82) is 0 Å². The lowest BCUT2D eigenvalue weighted by atomic mass is 9.68. The molecular formula is C17H24F3N3O. The van der Waals surface area contributed by atoms with E-state index < -0.39 is 11.9 Å². The first-order chi connectivity index (χ1) is 11.4. The van der Waals surface area contributed by atoms with Crippen LogP contribution in [0.5, 0.6) is 0 Å². The quantitative estimate of drug-likeness (QED) is 0.719. The summed E-state index contributed by atoms with van der Waals surface area (Å²) >= 11 is 0. The van der Waals surface area contributed by atoms with Gasteiger partial charge in [0.05, 0.1) is 5.60 Å². The Balaban J connectivity index is 1.75. The second-order valence-corrected chi connectivity index (χ2v) is 6.81. The highest BCUT2D eigenvalue weighted by Crippen LogP contribution is 2.44. The van der Waals surface area contributed by atoms with E-state index in [-0.39, 0.29) is 11.6 Å². The van der Waals surface area contributed by atoms with Crippen LogP contribution in [-0.2, 0) is 0 Å². The molecule has 2 aliphatic rings. The van der Waals surface area contributed by atoms with Crippen molar-refractivity contribution in [2.24, 2.45) is 0 Å². The summed E-state index contributed by atoms with van der Waals surface area (Å²) in [6, 6.07) is 6.29. The van der Waals surface area contributed by atoms with Crippen LogP contribution in [0.25, 0.3) is 0 Å². The molecule has 1 unspecified atom stereocenters. The van der Waals surface area contributed by atoms with Gasteiger partial charge in [-0.15, -0.1) is 0 Å². The fourth-order valence-electron chi connectivity index (χ4n) is 3.59. The van der Waals surface area contributed by atoms with Gasteiger partial charge in [0, 0.05) is 44.3 Å². The highest BCUT2D eigenvalue weighted by atomic mass is 19.4. The van der Waals surface area contributed by atoms with Gasteiger partial charge in [0.2, 0.25) is 0 Å². The smallest absolute Gasteiger partial charge is 0.389 e. The highest BCUT2D eigenvalue weighted by Gasteiger charge is 2.43. The Morgan fingerprint density at radius 2 is 1.79 bits per heavy atom. The van der Waals surface area contributed by atoms with Crippen LogP contribution >= 0.6 is 0 Å². The lowest BCUT2D eigenvalue weighted by molar-refractivity contribution is -0.0999. The molecule has 1 saturated heterocycles. The number of benzene rings is 1. The van der Waals surface area contributed by atoms with E-state index in [9.17, 15) is 18.3 Å². The van der Waals surface area contributed by atoms with Crippen LogP contribution < -0.4 is 10.6 Å². The van der Waals surface area contributed by atoms with Gasteiger partial charge in [-0.05, 0) is 37.0 Å². The molecule has 2 fully saturated rings. The summed E-state index contributed by atoms with van der Waals surface area (Å²) in [5.41, 5.74) is 0.195. The number of piperazine rings is 1. The third-order valence-corrected chi connectivity index (χ3v) is 5.12. The van der Waals surface area contributed by atoms with Crippen molar-refractivity contribution >= 4 is 5.69 Å². The summed E-state index contributed by atoms with van der Waals surface area (Å²) in [6.45, 7) is 4.46. The van der Waals surface area contributed by atoms with E-state index in [1.165, 1.54) is 17.4 Å². The van der Waals surface area contributed by atoms with Crippen molar-refractivity contribution in [2.75, 3.05) is 38.0 Å². The molecule has 7 heteroatoms. The van der Waals surface area contributed by atoms with Gasteiger partial charge in [0.25, 0.3) is 0 Å². The van der Waals surface area contributed by atoms with Crippen molar-refractivity contribution in [2.45, 2.75) is 37.1 Å². The second-order valence-electron chi connectivity index (χ2n) is 6.81. The number of anilines is 1. The van der Waals surface area contributed by atoms with E-state index in [2.05, 4.69) is 10.2 Å². The fraction of sp³-hybridized carbons (Fsp3) is 0.647. The first-order valence-corrected chi connectivity index (χ1v) is 8.46. The van der Waals surface area contributed by atoms with Crippen LogP contribution in [0.1, 0.15) is 30.7 Å². The number of nitrogens with one attached hydrogen (secondary N) is 2. The minimum absolute atomic E-state index is 0.0211. The number of hydrogen-bond acceptors (Lipinski definition) is 4. The summed E-state index contributed by atoms with van der Waals surface area (Å²) in [6.07, 6.45) is -1.92. The number of halogens is 3. The molecule has 0 bridgehead atoms. The molecule has 3 rings (SSSR count). The van der Waals surface area contributed by atoms with E-state index >= 15 is 0 Å². The SMILES string of the molecule is OC1(C(CN2CCNCC2)c2ccc(NC(F)(F)F)cc2)CCC1. The maximum atomic E-state index is 12.4. The number of rotatable bonds is 5. The summed E-state index contributed by atoms with van der Waals surface area (Å²) in [4.78, 5) is 2.32. The maximum Gasteiger partial charge on any atom is 0.482 e. The van der Waals surface area contributed by atoms with E-state index in [0.717, 1.165) is 57.5 Å². The molecule has 1 heterocycles. The van der Waals surface area contributed by atoms with Crippen LogP contribution in [0.15, 0.2) is 24.3 Å². The van der Waals surface area contributed by atoms with Crippen LogP contribution in [0, 0.1) is 0 Å². The van der Waals surface area contributed by atoms with Crippen molar-refractivity contribution < 1.29 is 18.3 Å². The number of hydrogen-bond donors (Lipinski definition) is 3. The molecule has 0 aromatic heterocycles. The summed E-state index contributed by atoms with van der Waals surface area (Å²) in [7, 11) is 0. The van der Waals surface area contributed by atoms with Crippen molar-refractivity contribution in [1.82, 2.24) is 10.2 Å². The standard InChI is InChI=1S/C17H24F3N3O/c18-17(19,20)22-14-4-2-13(3-5-14)15(16(24)6-1-7-16)12-23-10-8-21-9-11-23/h2-5,15,21-22,24H,1,6-12H2. The summed E-state index contributed by atoms with van der Waals surface area (Å²) in [5.74, 6) is -0.0655. The Morgan fingerprint density at radius 1 is 1.17 bits per heavy atom. The van der Waals surface area contributed by atoms with Gasteiger partial charge < -0.3 is 15.3 Å². The van der Waals surface area contributed by atoms with Gasteiger partial charge in [0.15, 0.2) is 0 Å². The first kappa shape index (κ1) is 17.5. The lowest BCUT2D eigenvalue weighted by Gasteiger charge is -2.46. The molecule has 134 valence electrons. The molecule has 1 atom stereocenters. The molecular weight excluding hydrogens is 319 g/mol. The van der Waals surface area contributed by atoms with Crippen LogP contribution in [0.3, 0.4) is 0 Å². The fourth-order valence-corrected chi connectivity index (χ4v) is 3.59. The Labute approximate surface area is 140 Å². The van der Waals surface area contributed by atoms with Crippen LogP contribution in [-0.4, -0.2) is 54.6 Å². The molecule has 24 heavy (non-hydrogen) atoms. The van der Waals surface area contributed by atoms with E-state index in [1.54, 1.807) is 12.1 Å². The topological polar surface area (TPSA) is 47.5 Å². The third-order valence-electron chi connectivity index (χ3n) is 5.12. The summed E-state index contributed by atoms with van der Waals surface area (Å²) < 4.78 is 37.2. The van der Waals surface area contributed by atoms with Crippen LogP contribution in [0.2, 0.25) is 0 Å². The van der Waals surface area contributed by atoms with E-state index in [0.29, 0.717) is 0 Å². The Morgan fingerprint density at radius 3 is 2.29 bits per heavy atom. The average Bonchev–Trinajstić information content (AvgIpc) is 2.51. The largest absolute Gasteiger partial charge is 0.482 e. The zero-order chi connectivity index (χ0) is 17.2. The zero-order valence-corrected chi connectivity index (χ0v) is 13.6. The van der Waals surface area contributed by atoms with Gasteiger partial charge in [-0.2, -0.15) is 13.2 Å². The Bertz CT molecular complexity index is 537. The maximum absolute atomic E-state index is 12.4. The third kappa shape index (κ3) is 4.20. The minimum atomic E-state index is -4.44. The molecule has 3 N–H and O–H groups in total. The zero-order valence-electron chi connectivity index (χ0n) is 13.6. The van der Waals surface area contributed by atoms with Gasteiger partial charge in [-0.1, -0.05) is 12.1 Å². The number of aliphatic hydroxyl groups is 1. The highest BCUT2D eigenvalue weighted by molar-refractivity contribution is 5.46. The van der Waals surface area contributed by atoms with Gasteiger partial charge >= 0.3 is 6.30 Å². The van der Waals surface area contributed by atoms with E-state index in [4.69, 9.17) is 0 Å². The predicted octanol–water partition coefficient (Wildman–Crippen LogP) is 2.52. The molecule has 1 aromatic rings. The second kappa shape index (κ2) is 6.90. The summed E-state index contributed by atoms with van der Waals surface area (Å²) in [5, 5.41) is 15.7. The molecule has 4 nitrogen and oxygen atoms in total. The number of alkyl halides is 3. The number of nitrogens with zero attached hydrogens (tertiary/aromatic N) is 1. The van der Waals surface area contributed by atoms with Crippen molar-refractivity contribution in [3.8, 4) is 0 Å². The average molecular weight is 343 g/mol. The molecule has 1 aliphatic carbocycles. The Kier molecular flexibility index (Phi) is 5.03. The minimum Gasteiger partial charge on any atom is -0.389 e. The van der Waals surface area contributed by atoms with Crippen LogP contribution in [0.4, 0.5) is 18.9 Å². The van der Waals surface area contributed by atoms with E-state index in [1.807, 2.05) is 0 Å². The Hall–Kier alpha value is -1.31. The molecule has 0 amide bonds. The molecule has 1 aliphatic heterocycles. The molecule has 0 radical (unpaired) electrons. The molecule has 1 saturated carbocycles. The van der Waals surface area contributed by atoms with Crippen molar-refractivity contribution in [3.63, 3.8) is 0 Å². The normalized spacial score (nSPS) is 22.7. The predicted molar refractivity (Wildman–Crippen MR) is 87.0 cm³/mol. The lowest BCUT2D eigenvalue weighted by Crippen LogP contribution is -2.51. The van der Waals surface area contributed by atoms with Gasteiger partial charge in [-0.3, -0.25) is 5.32 Å². The molecule has 1 aromatic carbocycles. The van der Waals surface area contributed by atoms with Crippen molar-refractivity contribution in [3.05, 3.63) is 29.8 Å². The first-order valence-electron chi connectivity index (χ1n) is 8.46. The monoisotopic (exact) mass is 343 g/mol.